The van der Waals surface area contributed by atoms with E-state index in [1.807, 2.05) is 25.1 Å². The summed E-state index contributed by atoms with van der Waals surface area (Å²) in [5.74, 6) is -0.0680. The van der Waals surface area contributed by atoms with Crippen LogP contribution >= 0.6 is 0 Å². The first-order valence-corrected chi connectivity index (χ1v) is 10.4. The van der Waals surface area contributed by atoms with Crippen LogP contribution in [0.3, 0.4) is 0 Å². The van der Waals surface area contributed by atoms with Gasteiger partial charge in [0.1, 0.15) is 0 Å². The molecule has 0 aromatic heterocycles. The second kappa shape index (κ2) is 7.23. The van der Waals surface area contributed by atoms with Crippen molar-refractivity contribution in [2.45, 2.75) is 45.8 Å². The summed E-state index contributed by atoms with van der Waals surface area (Å²) in [6.07, 6.45) is 0. The molecule has 0 spiro atoms. The summed E-state index contributed by atoms with van der Waals surface area (Å²) >= 11 is 0. The van der Waals surface area contributed by atoms with Crippen LogP contribution in [0.4, 0.5) is 0 Å². The van der Waals surface area contributed by atoms with Gasteiger partial charge < -0.3 is 9.16 Å². The molecule has 0 aliphatic heterocycles. The van der Waals surface area contributed by atoms with Gasteiger partial charge in [-0.15, -0.1) is 0 Å². The molecule has 21 heavy (non-hydrogen) atoms. The molecule has 0 aliphatic carbocycles. The summed E-state index contributed by atoms with van der Waals surface area (Å²) in [5.41, 5.74) is 0.593. The second-order valence-corrected chi connectivity index (χ2v) is 12.0. The number of hydrogen-bond acceptors (Lipinski definition) is 3. The molecule has 3 nitrogen and oxygen atoms in total. The number of esters is 1. The number of benzene rings is 1. The van der Waals surface area contributed by atoms with E-state index in [4.69, 9.17) is 9.16 Å². The molecular formula is C17H28O3Si. The fraction of sp³-hybridized carbons (Fsp3) is 0.588. The number of ether oxygens (including phenoxy) is 1. The maximum Gasteiger partial charge on any atom is 0.338 e. The van der Waals surface area contributed by atoms with Gasteiger partial charge in [-0.05, 0) is 30.3 Å². The van der Waals surface area contributed by atoms with Gasteiger partial charge in [0.2, 0.25) is 0 Å². The molecule has 0 N–H and O–H groups in total. The molecule has 1 aromatic rings. The normalized spacial score (nSPS) is 13.8. The van der Waals surface area contributed by atoms with Crippen LogP contribution in [0.2, 0.25) is 18.1 Å². The zero-order chi connectivity index (χ0) is 16.1. The first-order valence-electron chi connectivity index (χ1n) is 7.49. The molecule has 1 atom stereocenters. The minimum Gasteiger partial charge on any atom is -0.462 e. The van der Waals surface area contributed by atoms with Gasteiger partial charge in [0.05, 0.1) is 12.2 Å². The molecule has 0 fully saturated rings. The molecule has 0 bridgehead atoms. The first-order chi connectivity index (χ1) is 9.63. The third-order valence-corrected chi connectivity index (χ3v) is 8.54. The lowest BCUT2D eigenvalue weighted by atomic mass is 10.2. The van der Waals surface area contributed by atoms with Gasteiger partial charge in [-0.25, -0.2) is 4.79 Å². The SMILES string of the molecule is C[C@@H](COC(=O)c1ccccc1)CO[Si](C)(C)C(C)(C)C. The highest BCUT2D eigenvalue weighted by Crippen LogP contribution is 2.36. The van der Waals surface area contributed by atoms with Gasteiger partial charge >= 0.3 is 5.97 Å². The van der Waals surface area contributed by atoms with Crippen molar-refractivity contribution in [3.63, 3.8) is 0 Å². The molecule has 4 heteroatoms. The standard InChI is InChI=1S/C17H28O3Si/c1-14(13-20-21(5,6)17(2,3)4)12-19-16(18)15-10-8-7-9-11-15/h7-11,14H,12-13H2,1-6H3/t14-/m0/s1. The van der Waals surface area contributed by atoms with Gasteiger partial charge in [-0.1, -0.05) is 45.9 Å². The molecule has 0 saturated carbocycles. The van der Waals surface area contributed by atoms with Crippen molar-refractivity contribution in [3.8, 4) is 0 Å². The van der Waals surface area contributed by atoms with E-state index in [9.17, 15) is 4.79 Å². The van der Waals surface area contributed by atoms with Crippen molar-refractivity contribution >= 4 is 14.3 Å². The zero-order valence-electron chi connectivity index (χ0n) is 14.1. The Bertz CT molecular complexity index is 449. The van der Waals surface area contributed by atoms with Crippen LogP contribution < -0.4 is 0 Å². The lowest BCUT2D eigenvalue weighted by Gasteiger charge is -2.36. The summed E-state index contributed by atoms with van der Waals surface area (Å²) in [4.78, 5) is 11.9. The highest BCUT2D eigenvalue weighted by Gasteiger charge is 2.37. The Labute approximate surface area is 129 Å². The van der Waals surface area contributed by atoms with Crippen LogP contribution in [0.5, 0.6) is 0 Å². The quantitative estimate of drug-likeness (QED) is 0.573. The fourth-order valence-corrected chi connectivity index (χ4v) is 2.62. The van der Waals surface area contributed by atoms with E-state index >= 15 is 0 Å². The zero-order valence-corrected chi connectivity index (χ0v) is 15.1. The van der Waals surface area contributed by atoms with Gasteiger partial charge in [0.25, 0.3) is 0 Å². The average molecular weight is 308 g/mol. The fourth-order valence-electron chi connectivity index (χ4n) is 1.49. The predicted molar refractivity (Wildman–Crippen MR) is 89.0 cm³/mol. The number of carbonyl (C=O) groups excluding carboxylic acids is 1. The van der Waals surface area contributed by atoms with E-state index in [1.54, 1.807) is 12.1 Å². The Kier molecular flexibility index (Phi) is 6.17. The summed E-state index contributed by atoms with van der Waals surface area (Å²) in [7, 11) is -1.73. The average Bonchev–Trinajstić information content (AvgIpc) is 2.42. The highest BCUT2D eigenvalue weighted by molar-refractivity contribution is 6.74. The van der Waals surface area contributed by atoms with Crippen LogP contribution in [0, 0.1) is 5.92 Å². The molecule has 118 valence electrons. The Balaban J connectivity index is 2.38. The number of hydrogen-bond donors (Lipinski definition) is 0. The number of carbonyl (C=O) groups is 1. The Morgan fingerprint density at radius 1 is 1.14 bits per heavy atom. The van der Waals surface area contributed by atoms with E-state index < -0.39 is 8.32 Å². The van der Waals surface area contributed by atoms with E-state index in [-0.39, 0.29) is 16.9 Å². The monoisotopic (exact) mass is 308 g/mol. The maximum absolute atomic E-state index is 11.9. The molecule has 0 unspecified atom stereocenters. The Morgan fingerprint density at radius 2 is 1.71 bits per heavy atom. The van der Waals surface area contributed by atoms with Gasteiger partial charge in [0.15, 0.2) is 8.32 Å². The third kappa shape index (κ3) is 5.63. The van der Waals surface area contributed by atoms with E-state index in [0.29, 0.717) is 18.8 Å². The molecule has 0 radical (unpaired) electrons. The maximum atomic E-state index is 11.9. The predicted octanol–water partition coefficient (Wildman–Crippen LogP) is 4.50. The highest BCUT2D eigenvalue weighted by atomic mass is 28.4. The van der Waals surface area contributed by atoms with Crippen LogP contribution in [-0.4, -0.2) is 27.5 Å². The minimum absolute atomic E-state index is 0.201. The molecular weight excluding hydrogens is 280 g/mol. The minimum atomic E-state index is -1.73. The van der Waals surface area contributed by atoms with E-state index in [2.05, 4.69) is 33.9 Å². The van der Waals surface area contributed by atoms with E-state index in [0.717, 1.165) is 0 Å². The molecule has 1 aromatic carbocycles. The lowest BCUT2D eigenvalue weighted by molar-refractivity contribution is 0.0410. The van der Waals surface area contributed by atoms with Crippen LogP contribution in [0.25, 0.3) is 0 Å². The summed E-state index contributed by atoms with van der Waals surface area (Å²) in [5, 5.41) is 0.202. The Hall–Kier alpha value is -1.13. The summed E-state index contributed by atoms with van der Waals surface area (Å²) in [6.45, 7) is 14.2. The van der Waals surface area contributed by atoms with Crippen molar-refractivity contribution in [3.05, 3.63) is 35.9 Å². The summed E-state index contributed by atoms with van der Waals surface area (Å²) in [6, 6.07) is 9.08. The van der Waals surface area contributed by atoms with Crippen molar-refractivity contribution in [2.24, 2.45) is 5.92 Å². The van der Waals surface area contributed by atoms with Gasteiger partial charge in [-0.3, -0.25) is 0 Å². The summed E-state index contributed by atoms with van der Waals surface area (Å²) < 4.78 is 11.5. The molecule has 0 amide bonds. The Morgan fingerprint density at radius 3 is 2.24 bits per heavy atom. The molecule has 1 rings (SSSR count). The van der Waals surface area contributed by atoms with Crippen molar-refractivity contribution in [2.75, 3.05) is 13.2 Å². The molecule has 0 saturated heterocycles. The third-order valence-electron chi connectivity index (χ3n) is 4.04. The van der Waals surface area contributed by atoms with Crippen molar-refractivity contribution in [1.29, 1.82) is 0 Å². The van der Waals surface area contributed by atoms with Gasteiger partial charge in [-0.2, -0.15) is 0 Å². The van der Waals surface area contributed by atoms with Crippen molar-refractivity contribution < 1.29 is 14.0 Å². The smallest absolute Gasteiger partial charge is 0.338 e. The number of rotatable bonds is 6. The van der Waals surface area contributed by atoms with Gasteiger partial charge in [0, 0.05) is 12.5 Å². The van der Waals surface area contributed by atoms with Crippen LogP contribution in [0.1, 0.15) is 38.1 Å². The lowest BCUT2D eigenvalue weighted by Crippen LogP contribution is -2.42. The van der Waals surface area contributed by atoms with Crippen LogP contribution in [0.15, 0.2) is 30.3 Å². The first kappa shape index (κ1) is 17.9. The molecule has 0 aliphatic rings. The second-order valence-electron chi connectivity index (χ2n) is 7.14. The van der Waals surface area contributed by atoms with E-state index in [1.165, 1.54) is 0 Å². The van der Waals surface area contributed by atoms with Crippen molar-refractivity contribution in [1.82, 2.24) is 0 Å². The molecule has 0 heterocycles. The topological polar surface area (TPSA) is 35.5 Å². The largest absolute Gasteiger partial charge is 0.462 e. The van der Waals surface area contributed by atoms with Crippen LogP contribution in [-0.2, 0) is 9.16 Å².